The molecule has 2 heterocycles. The number of hydrogen-bond donors (Lipinski definition) is 2. The van der Waals surface area contributed by atoms with E-state index < -0.39 is 5.92 Å². The Morgan fingerprint density at radius 1 is 0.821 bits per heavy atom. The van der Waals surface area contributed by atoms with Gasteiger partial charge in [-0.15, -0.1) is 0 Å². The normalized spacial score (nSPS) is 11.4. The van der Waals surface area contributed by atoms with Gasteiger partial charge in [-0.2, -0.15) is 0 Å². The van der Waals surface area contributed by atoms with Gasteiger partial charge in [-0.3, -0.25) is 19.8 Å². The third kappa shape index (κ3) is 4.88. The van der Waals surface area contributed by atoms with E-state index in [1.165, 1.54) is 9.36 Å². The summed E-state index contributed by atoms with van der Waals surface area (Å²) in [5, 5.41) is 7.17. The number of benzene rings is 3. The number of para-hydroxylation sites is 2. The predicted octanol–water partition coefficient (Wildman–Crippen LogP) is 6.91. The Labute approximate surface area is 243 Å². The van der Waals surface area contributed by atoms with Crippen molar-refractivity contribution in [3.63, 3.8) is 0 Å². The van der Waals surface area contributed by atoms with Gasteiger partial charge in [0.15, 0.2) is 0 Å². The topological polar surface area (TPSA) is 84.8 Å². The molecule has 0 spiro atoms. The van der Waals surface area contributed by atoms with E-state index in [9.17, 15) is 9.59 Å². The summed E-state index contributed by atoms with van der Waals surface area (Å²) in [6, 6.07) is 19.7. The van der Waals surface area contributed by atoms with E-state index in [-0.39, 0.29) is 11.1 Å². The van der Waals surface area contributed by atoms with Crippen LogP contribution >= 0.6 is 39.1 Å². The molecule has 0 unspecified atom stereocenters. The average Bonchev–Trinajstić information content (AvgIpc) is 3.36. The highest BCUT2D eigenvalue weighted by Crippen LogP contribution is 2.39. The number of rotatable bonds is 7. The first-order valence-corrected chi connectivity index (χ1v) is 13.8. The summed E-state index contributed by atoms with van der Waals surface area (Å²) in [6.45, 7) is 5.92. The van der Waals surface area contributed by atoms with Crippen molar-refractivity contribution in [1.82, 2.24) is 19.6 Å². The summed E-state index contributed by atoms with van der Waals surface area (Å²) in [4.78, 5) is 28.2. The number of aromatic nitrogens is 4. The van der Waals surface area contributed by atoms with Crippen LogP contribution < -0.4 is 15.9 Å². The zero-order chi connectivity index (χ0) is 27.8. The summed E-state index contributed by atoms with van der Waals surface area (Å²) < 4.78 is 9.60. The van der Waals surface area contributed by atoms with E-state index in [1.54, 1.807) is 48.5 Å². The van der Waals surface area contributed by atoms with Crippen LogP contribution in [0.5, 0.6) is 5.75 Å². The van der Waals surface area contributed by atoms with Gasteiger partial charge < -0.3 is 4.74 Å². The van der Waals surface area contributed by atoms with Crippen molar-refractivity contribution in [3.05, 3.63) is 130 Å². The maximum atomic E-state index is 14.1. The molecule has 5 rings (SSSR count). The van der Waals surface area contributed by atoms with Gasteiger partial charge in [0.25, 0.3) is 11.1 Å². The minimum atomic E-state index is -0.774. The molecule has 0 saturated heterocycles. The average molecular weight is 628 g/mol. The van der Waals surface area contributed by atoms with Crippen molar-refractivity contribution in [1.29, 1.82) is 0 Å². The molecule has 0 fully saturated rings. The van der Waals surface area contributed by atoms with Gasteiger partial charge in [-0.1, -0.05) is 63.4 Å². The van der Waals surface area contributed by atoms with Crippen LogP contribution in [0.3, 0.4) is 0 Å². The van der Waals surface area contributed by atoms with Crippen molar-refractivity contribution >= 4 is 39.1 Å². The van der Waals surface area contributed by atoms with Crippen LogP contribution in [0, 0.1) is 13.8 Å². The number of hydrogen-bond acceptors (Lipinski definition) is 3. The quantitative estimate of drug-likeness (QED) is 0.206. The molecule has 3 aromatic carbocycles. The fraction of sp³-hybridized carbons (Fsp3) is 0.172. The molecule has 39 heavy (non-hydrogen) atoms. The highest BCUT2D eigenvalue weighted by atomic mass is 79.9. The first kappa shape index (κ1) is 27.1. The molecule has 0 saturated carbocycles. The van der Waals surface area contributed by atoms with Crippen LogP contribution in [0.4, 0.5) is 0 Å². The fourth-order valence-electron chi connectivity index (χ4n) is 4.89. The van der Waals surface area contributed by atoms with Crippen LogP contribution in [0.15, 0.2) is 80.8 Å². The van der Waals surface area contributed by atoms with E-state index in [2.05, 4.69) is 26.1 Å². The van der Waals surface area contributed by atoms with Crippen LogP contribution in [-0.2, 0) is 0 Å². The molecule has 2 N–H and O–H groups in total. The van der Waals surface area contributed by atoms with Gasteiger partial charge in [-0.05, 0) is 63.2 Å². The van der Waals surface area contributed by atoms with Crippen molar-refractivity contribution in [2.75, 3.05) is 6.61 Å². The molecule has 5 aromatic rings. The van der Waals surface area contributed by atoms with Crippen LogP contribution in [0.2, 0.25) is 10.0 Å². The molecule has 2 aromatic heterocycles. The van der Waals surface area contributed by atoms with Crippen LogP contribution in [-0.4, -0.2) is 26.2 Å². The number of nitrogens with one attached hydrogen (secondary N) is 2. The first-order chi connectivity index (χ1) is 18.7. The van der Waals surface area contributed by atoms with Crippen LogP contribution in [0.25, 0.3) is 11.4 Å². The molecule has 10 heteroatoms. The Hall–Kier alpha value is -3.46. The molecule has 7 nitrogen and oxygen atoms in total. The Kier molecular flexibility index (Phi) is 7.62. The lowest BCUT2D eigenvalue weighted by atomic mass is 9.84. The third-order valence-corrected chi connectivity index (χ3v) is 7.71. The lowest BCUT2D eigenvalue weighted by molar-refractivity contribution is 0.336. The molecule has 200 valence electrons. The lowest BCUT2D eigenvalue weighted by Crippen LogP contribution is -2.26. The second-order valence-corrected chi connectivity index (χ2v) is 10.8. The number of aryl methyl sites for hydroxylation is 2. The van der Waals surface area contributed by atoms with Gasteiger partial charge in [0, 0.05) is 21.4 Å². The number of H-pyrrole nitrogens is 2. The highest BCUT2D eigenvalue weighted by Gasteiger charge is 2.33. The first-order valence-electron chi connectivity index (χ1n) is 12.3. The van der Waals surface area contributed by atoms with E-state index >= 15 is 0 Å². The van der Waals surface area contributed by atoms with Gasteiger partial charge >= 0.3 is 0 Å². The van der Waals surface area contributed by atoms with Gasteiger partial charge in [0.2, 0.25) is 0 Å². The summed E-state index contributed by atoms with van der Waals surface area (Å²) in [6.07, 6.45) is 0. The highest BCUT2D eigenvalue weighted by molar-refractivity contribution is 9.10. The molecule has 0 aliphatic rings. The largest absolute Gasteiger partial charge is 0.494 e. The fourth-order valence-corrected chi connectivity index (χ4v) is 5.71. The zero-order valence-corrected chi connectivity index (χ0v) is 24.5. The predicted molar refractivity (Wildman–Crippen MR) is 159 cm³/mol. The molecule has 0 radical (unpaired) electrons. The smallest absolute Gasteiger partial charge is 0.275 e. The maximum absolute atomic E-state index is 14.1. The third-order valence-electron chi connectivity index (χ3n) is 6.58. The van der Waals surface area contributed by atoms with E-state index in [1.807, 2.05) is 39.0 Å². The summed E-state index contributed by atoms with van der Waals surface area (Å²) >= 11 is 16.5. The van der Waals surface area contributed by atoms with Gasteiger partial charge in [0.05, 0.1) is 45.1 Å². The zero-order valence-electron chi connectivity index (χ0n) is 21.4. The molecular formula is C29H25BrCl2N4O3. The molecule has 0 amide bonds. The number of aromatic amines is 2. The van der Waals surface area contributed by atoms with Crippen molar-refractivity contribution < 1.29 is 4.74 Å². The molecule has 0 bridgehead atoms. The Morgan fingerprint density at radius 2 is 1.31 bits per heavy atom. The minimum absolute atomic E-state index is 0.322. The number of ether oxygens (including phenoxy) is 1. The molecular weight excluding hydrogens is 603 g/mol. The molecule has 0 atom stereocenters. The van der Waals surface area contributed by atoms with Gasteiger partial charge in [-0.25, -0.2) is 9.36 Å². The monoisotopic (exact) mass is 626 g/mol. The summed E-state index contributed by atoms with van der Waals surface area (Å²) in [7, 11) is 0. The standard InChI is InChI=1S/C29H25BrCl2N4O3/c1-4-39-24-14-13-18(30)15-19(24)27(25-16(2)33-35(28(25)37)22-11-7-5-9-20(22)31)26-17(3)34-36(29(26)38)23-12-8-6-10-21(23)32/h5-15,27,33-34H,4H2,1-3H3. The lowest BCUT2D eigenvalue weighted by Gasteiger charge is -2.20. The van der Waals surface area contributed by atoms with Crippen LogP contribution in [0.1, 0.15) is 40.9 Å². The van der Waals surface area contributed by atoms with Crippen molar-refractivity contribution in [2.24, 2.45) is 0 Å². The molecule has 0 aliphatic carbocycles. The summed E-state index contributed by atoms with van der Waals surface area (Å²) in [5.74, 6) is -0.205. The number of halogens is 3. The van der Waals surface area contributed by atoms with E-state index in [0.29, 0.717) is 61.9 Å². The second kappa shape index (κ2) is 11.0. The summed E-state index contributed by atoms with van der Waals surface area (Å²) in [5.41, 5.74) is 3.04. The van der Waals surface area contributed by atoms with E-state index in [0.717, 1.165) is 4.47 Å². The SMILES string of the molecule is CCOc1ccc(Br)cc1C(c1c(C)[nH]n(-c2ccccc2Cl)c1=O)c1c(C)[nH]n(-c2ccccc2Cl)c1=O. The van der Waals surface area contributed by atoms with Crippen molar-refractivity contribution in [3.8, 4) is 17.1 Å². The molecule has 0 aliphatic heterocycles. The van der Waals surface area contributed by atoms with Crippen molar-refractivity contribution in [2.45, 2.75) is 26.7 Å². The number of nitrogens with zero attached hydrogens (tertiary/aromatic N) is 2. The Bertz CT molecular complexity index is 1700. The van der Waals surface area contributed by atoms with Gasteiger partial charge in [0.1, 0.15) is 5.75 Å². The maximum Gasteiger partial charge on any atom is 0.275 e. The van der Waals surface area contributed by atoms with E-state index in [4.69, 9.17) is 27.9 Å². The Balaban J connectivity index is 1.84. The Morgan fingerprint density at radius 3 is 1.77 bits per heavy atom. The second-order valence-electron chi connectivity index (χ2n) is 9.03. The minimum Gasteiger partial charge on any atom is -0.494 e.